The van der Waals surface area contributed by atoms with Gasteiger partial charge in [0.1, 0.15) is 28.9 Å². The van der Waals surface area contributed by atoms with Crippen LogP contribution in [0, 0.1) is 0 Å². The lowest BCUT2D eigenvalue weighted by atomic mass is 10.3. The van der Waals surface area contributed by atoms with Crippen LogP contribution in [-0.2, 0) is 30.8 Å². The summed E-state index contributed by atoms with van der Waals surface area (Å²) < 4.78 is 34.0. The highest BCUT2D eigenvalue weighted by atomic mass is 32.2. The molecule has 2 rings (SSSR count). The van der Waals surface area contributed by atoms with Crippen molar-refractivity contribution in [1.82, 2.24) is 10.2 Å². The van der Waals surface area contributed by atoms with Crippen LogP contribution in [0.5, 0.6) is 5.75 Å². The summed E-state index contributed by atoms with van der Waals surface area (Å²) >= 11 is 1.07. The number of aromatic nitrogens is 2. The Bertz CT molecular complexity index is 895. The van der Waals surface area contributed by atoms with E-state index in [9.17, 15) is 18.0 Å². The van der Waals surface area contributed by atoms with Gasteiger partial charge in [-0.2, -0.15) is 0 Å². The van der Waals surface area contributed by atoms with E-state index >= 15 is 0 Å². The molecule has 2 amide bonds. The molecule has 2 aromatic rings. The summed E-state index contributed by atoms with van der Waals surface area (Å²) in [5.41, 5.74) is 0.417. The maximum Gasteiger partial charge on any atom is 0.241 e. The fourth-order valence-electron chi connectivity index (χ4n) is 1.96. The predicted octanol–water partition coefficient (Wildman–Crippen LogP) is 0.685. The minimum absolute atomic E-state index is 0.157. The van der Waals surface area contributed by atoms with Crippen molar-refractivity contribution in [2.24, 2.45) is 0 Å². The second-order valence-corrected chi connectivity index (χ2v) is 8.42. The summed E-state index contributed by atoms with van der Waals surface area (Å²) in [6.45, 7) is 0.233. The van der Waals surface area contributed by atoms with E-state index in [1.54, 1.807) is 24.3 Å². The van der Waals surface area contributed by atoms with E-state index in [0.29, 0.717) is 16.4 Å². The number of rotatable bonds is 9. The van der Waals surface area contributed by atoms with Gasteiger partial charge >= 0.3 is 0 Å². The Morgan fingerprint density at radius 3 is 2.26 bits per heavy atom. The molecule has 0 bridgehead atoms. The zero-order chi connectivity index (χ0) is 19.9. The molecule has 146 valence electrons. The lowest BCUT2D eigenvalue weighted by Crippen LogP contribution is -2.30. The molecule has 0 aliphatic rings. The Morgan fingerprint density at radius 1 is 1.04 bits per heavy atom. The summed E-state index contributed by atoms with van der Waals surface area (Å²) in [6.07, 6.45) is 0. The molecule has 0 aliphatic carbocycles. The van der Waals surface area contributed by atoms with Crippen LogP contribution in [0.25, 0.3) is 0 Å². The molecule has 10 nitrogen and oxygen atoms in total. The number of nitrogens with zero attached hydrogens (tertiary/aromatic N) is 2. The van der Waals surface area contributed by atoms with Gasteiger partial charge < -0.3 is 14.8 Å². The number of benzene rings is 1. The van der Waals surface area contributed by atoms with E-state index in [-0.39, 0.29) is 11.7 Å². The molecule has 0 spiro atoms. The Hall–Kier alpha value is -2.57. The van der Waals surface area contributed by atoms with E-state index in [1.807, 2.05) is 0 Å². The number of sulfone groups is 1. The first-order chi connectivity index (χ1) is 12.8. The molecule has 0 aliphatic heterocycles. The van der Waals surface area contributed by atoms with E-state index in [2.05, 4.69) is 20.8 Å². The van der Waals surface area contributed by atoms with Crippen molar-refractivity contribution in [1.29, 1.82) is 0 Å². The van der Waals surface area contributed by atoms with Crippen molar-refractivity contribution in [2.75, 3.05) is 36.4 Å². The fourth-order valence-corrected chi connectivity index (χ4v) is 3.74. The molecule has 0 atom stereocenters. The summed E-state index contributed by atoms with van der Waals surface area (Å²) in [4.78, 5) is 23.8. The number of methoxy groups -OCH3 is 2. The smallest absolute Gasteiger partial charge is 0.241 e. The summed E-state index contributed by atoms with van der Waals surface area (Å²) in [6, 6.07) is 6.39. The Balaban J connectivity index is 1.86. The number of nitrogens with one attached hydrogen (secondary N) is 2. The molecular formula is C15H18N4O6S2. The van der Waals surface area contributed by atoms with E-state index < -0.39 is 33.2 Å². The van der Waals surface area contributed by atoms with Crippen molar-refractivity contribution in [2.45, 2.75) is 6.61 Å². The summed E-state index contributed by atoms with van der Waals surface area (Å²) in [5, 5.41) is 13.0. The normalized spacial score (nSPS) is 11.0. The molecule has 0 saturated heterocycles. The van der Waals surface area contributed by atoms with Gasteiger partial charge in [0.15, 0.2) is 9.84 Å². The van der Waals surface area contributed by atoms with Crippen LogP contribution in [-0.4, -0.2) is 56.2 Å². The maximum absolute atomic E-state index is 12.0. The standard InChI is InChI=1S/C15H18N4O6S2/c1-24-7-14-18-19-15(26-14)17-13(21)9-27(22,23)8-12(20)16-10-3-5-11(25-2)6-4-10/h3-6H,7-9H2,1-2H3,(H,16,20)(H,17,19,21). The Morgan fingerprint density at radius 2 is 1.67 bits per heavy atom. The molecule has 2 N–H and O–H groups in total. The van der Waals surface area contributed by atoms with Gasteiger partial charge in [-0.3, -0.25) is 14.9 Å². The molecule has 0 saturated carbocycles. The first-order valence-electron chi connectivity index (χ1n) is 7.57. The molecular weight excluding hydrogens is 396 g/mol. The molecule has 0 radical (unpaired) electrons. The van der Waals surface area contributed by atoms with Gasteiger partial charge in [-0.05, 0) is 24.3 Å². The number of carbonyl (C=O) groups is 2. The maximum atomic E-state index is 12.0. The highest BCUT2D eigenvalue weighted by molar-refractivity contribution is 7.92. The number of ether oxygens (including phenoxy) is 2. The van der Waals surface area contributed by atoms with Crippen molar-refractivity contribution >= 4 is 43.8 Å². The topological polar surface area (TPSA) is 137 Å². The summed E-state index contributed by atoms with van der Waals surface area (Å²) in [7, 11) is -0.959. The molecule has 12 heteroatoms. The van der Waals surface area contributed by atoms with Gasteiger partial charge in [-0.25, -0.2) is 8.42 Å². The molecule has 1 aromatic heterocycles. The largest absolute Gasteiger partial charge is 0.497 e. The van der Waals surface area contributed by atoms with Gasteiger partial charge in [-0.1, -0.05) is 11.3 Å². The average molecular weight is 414 g/mol. The second-order valence-electron chi connectivity index (χ2n) is 5.29. The van der Waals surface area contributed by atoms with Crippen molar-refractivity contribution in [3.05, 3.63) is 29.3 Å². The number of anilines is 2. The SMILES string of the molecule is COCc1nnc(NC(=O)CS(=O)(=O)CC(=O)Nc2ccc(OC)cc2)s1. The number of hydrogen-bond acceptors (Lipinski definition) is 9. The minimum Gasteiger partial charge on any atom is -0.497 e. The average Bonchev–Trinajstić information content (AvgIpc) is 3.01. The van der Waals surface area contributed by atoms with Crippen LogP contribution in [0.2, 0.25) is 0 Å². The van der Waals surface area contributed by atoms with Crippen LogP contribution >= 0.6 is 11.3 Å². The summed E-state index contributed by atoms with van der Waals surface area (Å²) in [5.74, 6) is -2.61. The third-order valence-corrected chi connectivity index (χ3v) is 5.27. The van der Waals surface area contributed by atoms with E-state index in [1.165, 1.54) is 14.2 Å². The third kappa shape index (κ3) is 6.92. The van der Waals surface area contributed by atoms with Crippen LogP contribution < -0.4 is 15.4 Å². The Labute approximate surface area is 159 Å². The van der Waals surface area contributed by atoms with Crippen LogP contribution in [0.15, 0.2) is 24.3 Å². The van der Waals surface area contributed by atoms with Crippen molar-refractivity contribution in [3.63, 3.8) is 0 Å². The van der Waals surface area contributed by atoms with Crippen molar-refractivity contribution in [3.8, 4) is 5.75 Å². The minimum atomic E-state index is -3.95. The highest BCUT2D eigenvalue weighted by Crippen LogP contribution is 2.16. The van der Waals surface area contributed by atoms with Gasteiger partial charge in [0.2, 0.25) is 16.9 Å². The molecule has 27 heavy (non-hydrogen) atoms. The quantitative estimate of drug-likeness (QED) is 0.611. The molecule has 1 heterocycles. The fraction of sp³-hybridized carbons (Fsp3) is 0.333. The Kier molecular flexibility index (Phi) is 7.21. The van der Waals surface area contributed by atoms with Crippen LogP contribution in [0.4, 0.5) is 10.8 Å². The van der Waals surface area contributed by atoms with Gasteiger partial charge in [-0.15, -0.1) is 10.2 Å². The highest BCUT2D eigenvalue weighted by Gasteiger charge is 2.22. The molecule has 0 fully saturated rings. The van der Waals surface area contributed by atoms with Gasteiger partial charge in [0, 0.05) is 12.8 Å². The van der Waals surface area contributed by atoms with Crippen LogP contribution in [0.1, 0.15) is 5.01 Å². The van der Waals surface area contributed by atoms with Crippen molar-refractivity contribution < 1.29 is 27.5 Å². The first-order valence-corrected chi connectivity index (χ1v) is 10.2. The number of hydrogen-bond donors (Lipinski definition) is 2. The third-order valence-electron chi connectivity index (χ3n) is 3.06. The molecule has 0 unspecified atom stereocenters. The molecule has 1 aromatic carbocycles. The van der Waals surface area contributed by atoms with Crippen LogP contribution in [0.3, 0.4) is 0 Å². The van der Waals surface area contributed by atoms with E-state index in [0.717, 1.165) is 11.3 Å². The predicted molar refractivity (Wildman–Crippen MR) is 99.5 cm³/mol. The number of carbonyl (C=O) groups excluding carboxylic acids is 2. The zero-order valence-electron chi connectivity index (χ0n) is 14.6. The lowest BCUT2D eigenvalue weighted by molar-refractivity contribution is -0.114. The lowest BCUT2D eigenvalue weighted by Gasteiger charge is -2.07. The zero-order valence-corrected chi connectivity index (χ0v) is 16.2. The monoisotopic (exact) mass is 414 g/mol. The first kappa shape index (κ1) is 20.7. The van der Waals surface area contributed by atoms with E-state index in [4.69, 9.17) is 9.47 Å². The second kappa shape index (κ2) is 9.39. The number of amides is 2. The van der Waals surface area contributed by atoms with Gasteiger partial charge in [0.25, 0.3) is 0 Å². The van der Waals surface area contributed by atoms with Gasteiger partial charge in [0.05, 0.1) is 7.11 Å².